The van der Waals surface area contributed by atoms with Crippen molar-refractivity contribution in [2.45, 2.75) is 6.54 Å². The largest absolute Gasteiger partial charge is 0.507 e. The minimum atomic E-state index is -7.22. The third-order valence-electron chi connectivity index (χ3n) is 8.79. The number of aromatic hydroxyl groups is 1. The molecule has 0 saturated heterocycles. The number of aromatic nitrogens is 1. The highest BCUT2D eigenvalue weighted by Gasteiger charge is 2.52. The van der Waals surface area contributed by atoms with E-state index in [0.717, 1.165) is 6.54 Å². The average Bonchev–Trinajstić information content (AvgIpc) is 3.22. The Hall–Kier alpha value is -6.29. The van der Waals surface area contributed by atoms with Crippen LogP contribution in [0.2, 0.25) is 0 Å². The SMILES string of the molecule is Fc1c(F)c(F)c([B-](c2c(F)c(F)c(F)c(F)c2F)(c2c(F)c(F)c(F)c(F)c2F)c2c(F)c(F)c(F)c(F)c2F)c(F)c1F.Oc1cc[n+](Cc2ccccc2)cc1. The van der Waals surface area contributed by atoms with E-state index in [1.165, 1.54) is 5.56 Å². The Labute approximate surface area is 314 Å². The zero-order chi connectivity index (χ0) is 44.2. The summed E-state index contributed by atoms with van der Waals surface area (Å²) in [5.41, 5.74) is -13.1. The highest BCUT2D eigenvalue weighted by Crippen LogP contribution is 2.30. The lowest BCUT2D eigenvalue weighted by Crippen LogP contribution is -2.81. The summed E-state index contributed by atoms with van der Waals surface area (Å²) in [6, 6.07) is 13.6. The van der Waals surface area contributed by atoms with Gasteiger partial charge in [0.05, 0.1) is 0 Å². The molecule has 0 unspecified atom stereocenters. The van der Waals surface area contributed by atoms with Crippen LogP contribution >= 0.6 is 0 Å². The topological polar surface area (TPSA) is 24.1 Å². The highest BCUT2D eigenvalue weighted by molar-refractivity contribution is 7.20. The van der Waals surface area contributed by atoms with Crippen molar-refractivity contribution in [1.29, 1.82) is 0 Å². The fourth-order valence-electron chi connectivity index (χ4n) is 6.22. The molecule has 59 heavy (non-hydrogen) atoms. The Kier molecular flexibility index (Phi) is 12.0. The van der Waals surface area contributed by atoms with E-state index >= 15 is 35.1 Å². The number of pyridine rings is 1. The second kappa shape index (κ2) is 16.2. The summed E-state index contributed by atoms with van der Waals surface area (Å²) >= 11 is 0. The molecule has 0 fully saturated rings. The molecule has 1 N–H and O–H groups in total. The van der Waals surface area contributed by atoms with Gasteiger partial charge in [-0.05, 0) is 0 Å². The van der Waals surface area contributed by atoms with Crippen molar-refractivity contribution in [2.75, 3.05) is 0 Å². The Balaban J connectivity index is 0.000000395. The molecule has 6 aromatic rings. The number of benzene rings is 5. The second-order valence-electron chi connectivity index (χ2n) is 12.0. The summed E-state index contributed by atoms with van der Waals surface area (Å²) in [6.07, 6.45) is -3.49. The van der Waals surface area contributed by atoms with Gasteiger partial charge in [0.1, 0.15) is 58.4 Å². The van der Waals surface area contributed by atoms with E-state index in [0.29, 0.717) is 5.75 Å². The normalized spacial score (nSPS) is 11.5. The molecule has 0 spiro atoms. The molecule has 23 heteroatoms. The third kappa shape index (κ3) is 6.94. The van der Waals surface area contributed by atoms with Crippen molar-refractivity contribution in [3.63, 3.8) is 0 Å². The predicted octanol–water partition coefficient (Wildman–Crippen LogP) is 7.57. The Morgan fingerprint density at radius 3 is 0.780 bits per heavy atom. The van der Waals surface area contributed by atoms with E-state index in [-0.39, 0.29) is 0 Å². The maximum atomic E-state index is 15.4. The Morgan fingerprint density at radius 2 is 0.542 bits per heavy atom. The molecule has 0 saturated carbocycles. The lowest BCUT2D eigenvalue weighted by atomic mass is 9.12. The lowest BCUT2D eigenvalue weighted by molar-refractivity contribution is -0.688. The number of nitrogens with zero attached hydrogens (tertiary/aromatic N) is 1. The molecule has 6 rings (SSSR count). The van der Waals surface area contributed by atoms with E-state index in [2.05, 4.69) is 12.1 Å². The average molecular weight is 865 g/mol. The van der Waals surface area contributed by atoms with E-state index < -0.39 is 144 Å². The molecule has 5 aromatic carbocycles. The van der Waals surface area contributed by atoms with Gasteiger partial charge in [-0.3, -0.25) is 0 Å². The molecular formula is C36H12BF20NO. The van der Waals surface area contributed by atoms with Gasteiger partial charge >= 0.3 is 0 Å². The quantitative estimate of drug-likeness (QED) is 0.0604. The van der Waals surface area contributed by atoms with Gasteiger partial charge in [0.25, 0.3) is 0 Å². The van der Waals surface area contributed by atoms with Crippen molar-refractivity contribution in [3.05, 3.63) is 177 Å². The van der Waals surface area contributed by atoms with Gasteiger partial charge in [-0.15, -0.1) is 21.9 Å². The predicted molar refractivity (Wildman–Crippen MR) is 163 cm³/mol. The molecular weight excluding hydrogens is 853 g/mol. The molecule has 1 heterocycles. The lowest BCUT2D eigenvalue weighted by Gasteiger charge is -2.44. The van der Waals surface area contributed by atoms with Gasteiger partial charge in [-0.25, -0.2) is 92.4 Å². The van der Waals surface area contributed by atoms with Gasteiger partial charge in [-0.2, -0.15) is 0 Å². The molecule has 0 aliphatic rings. The third-order valence-corrected chi connectivity index (χ3v) is 8.79. The van der Waals surface area contributed by atoms with Crippen LogP contribution in [0.1, 0.15) is 5.56 Å². The van der Waals surface area contributed by atoms with Crippen LogP contribution in [0.15, 0.2) is 54.9 Å². The first kappa shape index (κ1) is 43.8. The van der Waals surface area contributed by atoms with Crippen LogP contribution < -0.4 is 26.4 Å². The summed E-state index contributed by atoms with van der Waals surface area (Å²) in [4.78, 5) is 0. The highest BCUT2D eigenvalue weighted by atomic mass is 19.2. The van der Waals surface area contributed by atoms with E-state index in [9.17, 15) is 52.7 Å². The van der Waals surface area contributed by atoms with Crippen LogP contribution in [0.3, 0.4) is 0 Å². The maximum absolute atomic E-state index is 15.4. The van der Waals surface area contributed by atoms with Crippen molar-refractivity contribution >= 4 is 28.0 Å². The van der Waals surface area contributed by atoms with Crippen molar-refractivity contribution in [2.24, 2.45) is 0 Å². The smallest absolute Gasteiger partial charge is 0.200 e. The molecule has 0 bridgehead atoms. The summed E-state index contributed by atoms with van der Waals surface area (Å²) < 4.78 is 296. The van der Waals surface area contributed by atoms with E-state index in [1.54, 1.807) is 12.1 Å². The summed E-state index contributed by atoms with van der Waals surface area (Å²) in [7, 11) is 0. The second-order valence-corrected chi connectivity index (χ2v) is 12.0. The van der Waals surface area contributed by atoms with E-state index in [4.69, 9.17) is 5.11 Å². The van der Waals surface area contributed by atoms with Gasteiger partial charge in [0.2, 0.25) is 0 Å². The van der Waals surface area contributed by atoms with Crippen LogP contribution in [0.25, 0.3) is 0 Å². The molecule has 0 aliphatic carbocycles. The monoisotopic (exact) mass is 865 g/mol. The van der Waals surface area contributed by atoms with Crippen LogP contribution in [-0.4, -0.2) is 11.3 Å². The molecule has 2 nitrogen and oxygen atoms in total. The number of hydrogen-bond acceptors (Lipinski definition) is 1. The van der Waals surface area contributed by atoms with Crippen molar-refractivity contribution in [3.8, 4) is 5.75 Å². The summed E-state index contributed by atoms with van der Waals surface area (Å²) in [5, 5.41) is 9.11. The van der Waals surface area contributed by atoms with Crippen LogP contribution in [0.4, 0.5) is 87.8 Å². The molecule has 0 radical (unpaired) electrons. The van der Waals surface area contributed by atoms with Crippen molar-refractivity contribution < 1.29 is 97.5 Å². The minimum Gasteiger partial charge on any atom is -0.507 e. The van der Waals surface area contributed by atoms with Gasteiger partial charge in [0.15, 0.2) is 88.7 Å². The Morgan fingerprint density at radius 1 is 0.322 bits per heavy atom. The first-order chi connectivity index (χ1) is 27.5. The van der Waals surface area contributed by atoms with E-state index in [1.807, 2.05) is 35.2 Å². The minimum absolute atomic E-state index is 0.300. The molecule has 310 valence electrons. The van der Waals surface area contributed by atoms with Gasteiger partial charge < -0.3 is 5.11 Å². The molecule has 1 aromatic heterocycles. The zero-order valence-corrected chi connectivity index (χ0v) is 27.9. The molecule has 0 aliphatic heterocycles. The fraction of sp³-hybridized carbons (Fsp3) is 0.0278. The summed E-state index contributed by atoms with van der Waals surface area (Å²) in [5.74, 6) is -71.1. The van der Waals surface area contributed by atoms with Crippen LogP contribution in [0.5, 0.6) is 5.75 Å². The first-order valence-electron chi connectivity index (χ1n) is 15.5. The van der Waals surface area contributed by atoms with Gasteiger partial charge in [0, 0.05) is 17.7 Å². The maximum Gasteiger partial charge on any atom is 0.200 e. The molecule has 0 atom stereocenters. The van der Waals surface area contributed by atoms with Gasteiger partial charge in [-0.1, -0.05) is 30.3 Å². The zero-order valence-electron chi connectivity index (χ0n) is 27.9. The van der Waals surface area contributed by atoms with Crippen molar-refractivity contribution in [1.82, 2.24) is 0 Å². The van der Waals surface area contributed by atoms with Crippen LogP contribution in [0, 0.1) is 116 Å². The summed E-state index contributed by atoms with van der Waals surface area (Å²) in [6.45, 7) is 0.834. The molecule has 0 amide bonds. The number of rotatable bonds is 6. The Bertz CT molecular complexity index is 2260. The number of hydrogen-bond donors (Lipinski definition) is 1. The standard InChI is InChI=1S/C24BF20.C12H11NO/c26-5-1(6(27)14(35)21(42)13(5)34)25(2-7(28)15(36)22(43)16(37)8(2)29,3-9(30)17(38)23(44)18(39)10(3)31)4-11(32)19(40)24(45)20(41)12(4)33;14-12-6-8-13(9-7-12)10-11-4-2-1-3-5-11/h;1-9H,10H2/q-1;/p+1. The number of halogens is 20. The first-order valence-corrected chi connectivity index (χ1v) is 15.5. The van der Waals surface area contributed by atoms with Crippen LogP contribution in [-0.2, 0) is 6.54 Å². The fourth-order valence-corrected chi connectivity index (χ4v) is 6.22.